The summed E-state index contributed by atoms with van der Waals surface area (Å²) in [6.07, 6.45) is 3.91. The number of nitrogens with zero attached hydrogens (tertiary/aromatic N) is 1. The summed E-state index contributed by atoms with van der Waals surface area (Å²) >= 11 is 0. The quantitative estimate of drug-likeness (QED) is 0.169. The lowest BCUT2D eigenvalue weighted by Crippen LogP contribution is -2.27. The smallest absolute Gasteiger partial charge is 0.311 e. The number of Topliss-reactive ketones (excluding diaryl/α,β-unsaturated/α-hetero) is 1. The van der Waals surface area contributed by atoms with Crippen LogP contribution in [0.5, 0.6) is 11.5 Å². The maximum Gasteiger partial charge on any atom is 0.311 e. The second-order valence-electron chi connectivity index (χ2n) is 9.40. The molecule has 1 aromatic heterocycles. The first-order valence-electron chi connectivity index (χ1n) is 12.8. The SMILES string of the molecule is CCCC[C@H](c1ccccc1)[C@H](C)OC(=O)[C@H](C)CC(=O)c1nccc(OC)c1OCOC(=O)C(C)C. The Morgan fingerprint density at radius 1 is 0.973 bits per heavy atom. The Hall–Kier alpha value is -3.42. The average Bonchev–Trinajstić information content (AvgIpc) is 2.89. The van der Waals surface area contributed by atoms with E-state index in [2.05, 4.69) is 11.9 Å². The molecule has 0 bridgehead atoms. The molecule has 2 rings (SSSR count). The minimum Gasteiger partial charge on any atom is -0.493 e. The summed E-state index contributed by atoms with van der Waals surface area (Å²) in [6, 6.07) is 11.6. The summed E-state index contributed by atoms with van der Waals surface area (Å²) in [5.41, 5.74) is 1.12. The summed E-state index contributed by atoms with van der Waals surface area (Å²) in [5.74, 6) is -1.92. The summed E-state index contributed by atoms with van der Waals surface area (Å²) < 4.78 is 21.7. The van der Waals surface area contributed by atoms with E-state index >= 15 is 0 Å². The largest absolute Gasteiger partial charge is 0.493 e. The number of hydrogen-bond acceptors (Lipinski definition) is 8. The normalized spacial score (nSPS) is 13.4. The molecule has 0 saturated heterocycles. The summed E-state index contributed by atoms with van der Waals surface area (Å²) in [6.45, 7) is 8.69. The van der Waals surface area contributed by atoms with Crippen LogP contribution in [0.25, 0.3) is 0 Å². The number of carbonyl (C=O) groups is 3. The van der Waals surface area contributed by atoms with E-state index in [1.165, 1.54) is 19.4 Å². The van der Waals surface area contributed by atoms with Gasteiger partial charge in [-0.05, 0) is 18.9 Å². The molecule has 0 aliphatic rings. The molecule has 202 valence electrons. The van der Waals surface area contributed by atoms with E-state index < -0.39 is 30.4 Å². The van der Waals surface area contributed by atoms with Gasteiger partial charge in [0.15, 0.2) is 23.0 Å². The fraction of sp³-hybridized carbons (Fsp3) is 0.517. The van der Waals surface area contributed by atoms with Gasteiger partial charge in [-0.25, -0.2) is 4.98 Å². The lowest BCUT2D eigenvalue weighted by molar-refractivity contribution is -0.154. The van der Waals surface area contributed by atoms with E-state index in [4.69, 9.17) is 18.9 Å². The molecule has 2 aromatic rings. The first kappa shape index (κ1) is 29.8. The molecule has 0 radical (unpaired) electrons. The fourth-order valence-electron chi connectivity index (χ4n) is 3.88. The Kier molecular flexibility index (Phi) is 12.1. The predicted octanol–water partition coefficient (Wildman–Crippen LogP) is 5.74. The van der Waals surface area contributed by atoms with Crippen LogP contribution in [0.15, 0.2) is 42.6 Å². The van der Waals surface area contributed by atoms with Crippen LogP contribution in [0.3, 0.4) is 0 Å². The molecule has 37 heavy (non-hydrogen) atoms. The van der Waals surface area contributed by atoms with Gasteiger partial charge in [-0.1, -0.05) is 70.9 Å². The van der Waals surface area contributed by atoms with Crippen LogP contribution in [0, 0.1) is 11.8 Å². The topological polar surface area (TPSA) is 101 Å². The number of methoxy groups -OCH3 is 1. The zero-order valence-electron chi connectivity index (χ0n) is 22.7. The van der Waals surface area contributed by atoms with Gasteiger partial charge in [-0.2, -0.15) is 0 Å². The molecule has 0 unspecified atom stereocenters. The van der Waals surface area contributed by atoms with Crippen molar-refractivity contribution in [3.05, 3.63) is 53.9 Å². The monoisotopic (exact) mass is 513 g/mol. The first-order chi connectivity index (χ1) is 17.7. The molecule has 0 spiro atoms. The van der Waals surface area contributed by atoms with Gasteiger partial charge >= 0.3 is 11.9 Å². The van der Waals surface area contributed by atoms with E-state index in [0.29, 0.717) is 0 Å². The van der Waals surface area contributed by atoms with Crippen molar-refractivity contribution >= 4 is 17.7 Å². The fourth-order valence-corrected chi connectivity index (χ4v) is 3.88. The Morgan fingerprint density at radius 2 is 1.68 bits per heavy atom. The molecular weight excluding hydrogens is 474 g/mol. The number of ketones is 1. The summed E-state index contributed by atoms with van der Waals surface area (Å²) in [5, 5.41) is 0. The van der Waals surface area contributed by atoms with E-state index in [9.17, 15) is 14.4 Å². The summed E-state index contributed by atoms with van der Waals surface area (Å²) in [7, 11) is 1.43. The van der Waals surface area contributed by atoms with Crippen molar-refractivity contribution in [2.45, 2.75) is 72.3 Å². The van der Waals surface area contributed by atoms with Crippen molar-refractivity contribution in [2.24, 2.45) is 11.8 Å². The van der Waals surface area contributed by atoms with Gasteiger partial charge in [0, 0.05) is 24.6 Å². The van der Waals surface area contributed by atoms with Gasteiger partial charge in [-0.15, -0.1) is 0 Å². The highest BCUT2D eigenvalue weighted by Gasteiger charge is 2.28. The molecule has 0 fully saturated rings. The number of carbonyl (C=O) groups excluding carboxylic acids is 3. The van der Waals surface area contributed by atoms with Gasteiger partial charge in [-0.3, -0.25) is 14.4 Å². The average molecular weight is 514 g/mol. The molecule has 1 heterocycles. The number of aromatic nitrogens is 1. The lowest BCUT2D eigenvalue weighted by atomic mass is 9.89. The second-order valence-corrected chi connectivity index (χ2v) is 9.40. The third-order valence-corrected chi connectivity index (χ3v) is 6.09. The molecule has 0 N–H and O–H groups in total. The molecule has 3 atom stereocenters. The van der Waals surface area contributed by atoms with Crippen LogP contribution in [0.1, 0.15) is 82.3 Å². The van der Waals surface area contributed by atoms with E-state index in [0.717, 1.165) is 24.8 Å². The van der Waals surface area contributed by atoms with E-state index in [-0.39, 0.29) is 41.6 Å². The highest BCUT2D eigenvalue weighted by Crippen LogP contribution is 2.32. The molecule has 8 heteroatoms. The second kappa shape index (κ2) is 15.0. The van der Waals surface area contributed by atoms with Crippen LogP contribution in [-0.4, -0.2) is 42.7 Å². The minimum atomic E-state index is -0.697. The Bertz CT molecular complexity index is 1020. The van der Waals surface area contributed by atoms with Crippen LogP contribution in [0.2, 0.25) is 0 Å². The zero-order valence-corrected chi connectivity index (χ0v) is 22.7. The maximum absolute atomic E-state index is 13.1. The third-order valence-electron chi connectivity index (χ3n) is 6.09. The zero-order chi connectivity index (χ0) is 27.4. The van der Waals surface area contributed by atoms with Crippen molar-refractivity contribution < 1.29 is 33.3 Å². The molecule has 0 aliphatic heterocycles. The summed E-state index contributed by atoms with van der Waals surface area (Å²) in [4.78, 5) is 42.0. The van der Waals surface area contributed by atoms with Crippen molar-refractivity contribution in [1.82, 2.24) is 4.98 Å². The number of unbranched alkanes of at least 4 members (excludes halogenated alkanes) is 1. The maximum atomic E-state index is 13.1. The van der Waals surface area contributed by atoms with Crippen molar-refractivity contribution in [1.29, 1.82) is 0 Å². The van der Waals surface area contributed by atoms with Crippen LogP contribution in [-0.2, 0) is 19.1 Å². The number of ether oxygens (including phenoxy) is 4. The Labute approximate surface area is 219 Å². The number of pyridine rings is 1. The van der Waals surface area contributed by atoms with Gasteiger partial charge in [0.1, 0.15) is 6.10 Å². The standard InChI is InChI=1S/C29H39NO7/c1-7-8-14-23(22-12-10-9-11-13-22)21(5)37-29(33)20(4)17-24(31)26-27(25(34-6)15-16-30-26)35-18-36-28(32)19(2)3/h9-13,15-16,19-21,23H,7-8,14,17-18H2,1-6H3/t20-,21+,23+/m1/s1. The Morgan fingerprint density at radius 3 is 2.30 bits per heavy atom. The van der Waals surface area contributed by atoms with Crippen LogP contribution >= 0.6 is 0 Å². The lowest BCUT2D eigenvalue weighted by Gasteiger charge is -2.26. The van der Waals surface area contributed by atoms with Crippen molar-refractivity contribution in [3.8, 4) is 11.5 Å². The van der Waals surface area contributed by atoms with Crippen molar-refractivity contribution in [2.75, 3.05) is 13.9 Å². The van der Waals surface area contributed by atoms with Gasteiger partial charge in [0.25, 0.3) is 0 Å². The third kappa shape index (κ3) is 8.88. The van der Waals surface area contributed by atoms with Gasteiger partial charge < -0.3 is 18.9 Å². The highest BCUT2D eigenvalue weighted by molar-refractivity contribution is 5.99. The predicted molar refractivity (Wildman–Crippen MR) is 140 cm³/mol. The molecule has 0 saturated carbocycles. The Balaban J connectivity index is 2.08. The molecule has 0 aliphatic carbocycles. The molecular formula is C29H39NO7. The van der Waals surface area contributed by atoms with E-state index in [1.54, 1.807) is 20.8 Å². The molecule has 8 nitrogen and oxygen atoms in total. The molecule has 1 aromatic carbocycles. The number of benzene rings is 1. The highest BCUT2D eigenvalue weighted by atomic mass is 16.7. The van der Waals surface area contributed by atoms with Crippen LogP contribution < -0.4 is 9.47 Å². The number of rotatable bonds is 15. The molecule has 0 amide bonds. The minimum absolute atomic E-state index is 0.00208. The van der Waals surface area contributed by atoms with Crippen LogP contribution in [0.4, 0.5) is 0 Å². The number of hydrogen-bond donors (Lipinski definition) is 0. The van der Waals surface area contributed by atoms with Crippen molar-refractivity contribution in [3.63, 3.8) is 0 Å². The number of esters is 2. The van der Waals surface area contributed by atoms with Gasteiger partial charge in [0.05, 0.1) is 18.9 Å². The first-order valence-corrected chi connectivity index (χ1v) is 12.8. The van der Waals surface area contributed by atoms with E-state index in [1.807, 2.05) is 37.3 Å². The van der Waals surface area contributed by atoms with Gasteiger partial charge in [0.2, 0.25) is 6.79 Å².